The Balaban J connectivity index is 1.86. The van der Waals surface area contributed by atoms with Gasteiger partial charge in [0.15, 0.2) is 0 Å². The van der Waals surface area contributed by atoms with E-state index >= 15 is 0 Å². The van der Waals surface area contributed by atoms with Crippen LogP contribution in [0.15, 0.2) is 65.7 Å². The van der Waals surface area contributed by atoms with Crippen molar-refractivity contribution in [3.63, 3.8) is 0 Å². The zero-order valence-electron chi connectivity index (χ0n) is 10.5. The van der Waals surface area contributed by atoms with Crippen LogP contribution in [0, 0.1) is 0 Å². The zero-order chi connectivity index (χ0) is 13.1. The number of para-hydroxylation sites is 1. The fourth-order valence-corrected chi connectivity index (χ4v) is 3.24. The minimum Gasteiger partial charge on any atom is -0.350 e. The average Bonchev–Trinajstić information content (AvgIpc) is 2.88. The molecule has 0 saturated heterocycles. The summed E-state index contributed by atoms with van der Waals surface area (Å²) in [6, 6.07) is 20.9. The van der Waals surface area contributed by atoms with E-state index in [1.165, 1.54) is 21.5 Å². The lowest BCUT2D eigenvalue weighted by molar-refractivity contribution is 0.937. The summed E-state index contributed by atoms with van der Waals surface area (Å²) in [6.45, 7) is 0.629. The van der Waals surface area contributed by atoms with E-state index in [9.17, 15) is 0 Å². The first-order valence-corrected chi connectivity index (χ1v) is 7.24. The molecule has 0 saturated carbocycles. The molecule has 0 aliphatic heterocycles. The molecule has 19 heavy (non-hydrogen) atoms. The van der Waals surface area contributed by atoms with Gasteiger partial charge in [-0.15, -0.1) is 0 Å². The van der Waals surface area contributed by atoms with Gasteiger partial charge in [0.1, 0.15) is 0 Å². The van der Waals surface area contributed by atoms with Crippen molar-refractivity contribution in [2.45, 2.75) is 10.3 Å². The van der Waals surface area contributed by atoms with Gasteiger partial charge in [0.25, 0.3) is 0 Å². The maximum Gasteiger partial charge on any atom is 0.0738 e. The number of hydrogen-bond donors (Lipinski definition) is 2. The van der Waals surface area contributed by atoms with Crippen molar-refractivity contribution >= 4 is 22.7 Å². The van der Waals surface area contributed by atoms with E-state index < -0.39 is 0 Å². The van der Waals surface area contributed by atoms with Crippen LogP contribution in [-0.2, 0) is 0 Å². The van der Waals surface area contributed by atoms with Crippen molar-refractivity contribution in [2.24, 2.45) is 5.73 Å². The molecule has 0 aliphatic rings. The minimum absolute atomic E-state index is 0.286. The van der Waals surface area contributed by atoms with Crippen LogP contribution in [0.5, 0.6) is 0 Å². The van der Waals surface area contributed by atoms with E-state index in [4.69, 9.17) is 5.73 Å². The smallest absolute Gasteiger partial charge is 0.0738 e. The van der Waals surface area contributed by atoms with Gasteiger partial charge in [0.2, 0.25) is 0 Å². The first kappa shape index (κ1) is 12.3. The van der Waals surface area contributed by atoms with Gasteiger partial charge in [-0.3, -0.25) is 0 Å². The largest absolute Gasteiger partial charge is 0.350 e. The van der Waals surface area contributed by atoms with Gasteiger partial charge in [0.05, 0.1) is 5.03 Å². The summed E-state index contributed by atoms with van der Waals surface area (Å²) in [5.41, 5.74) is 8.36. The standard InChI is InChI=1S/C16H16N2S/c17-11-15(12-6-2-1-3-7-12)19-16-10-13-8-4-5-9-14(13)18-16/h1-10,15,18H,11,17H2. The fourth-order valence-electron chi connectivity index (χ4n) is 2.18. The second-order valence-corrected chi connectivity index (χ2v) is 5.72. The molecule has 0 amide bonds. The molecule has 3 N–H and O–H groups in total. The molecular formula is C16H16N2S. The highest BCUT2D eigenvalue weighted by Crippen LogP contribution is 2.35. The third-order valence-corrected chi connectivity index (χ3v) is 4.38. The molecule has 0 radical (unpaired) electrons. The number of nitrogens with two attached hydrogens (primary N) is 1. The Morgan fingerprint density at radius 1 is 1.00 bits per heavy atom. The molecule has 1 atom stereocenters. The first-order valence-electron chi connectivity index (χ1n) is 6.36. The Bertz CT molecular complexity index is 628. The Kier molecular flexibility index (Phi) is 3.58. The predicted molar refractivity (Wildman–Crippen MR) is 82.4 cm³/mol. The summed E-state index contributed by atoms with van der Waals surface area (Å²) >= 11 is 1.79. The third kappa shape index (κ3) is 2.67. The number of H-pyrrole nitrogens is 1. The second-order valence-electron chi connectivity index (χ2n) is 4.47. The monoisotopic (exact) mass is 268 g/mol. The first-order chi connectivity index (χ1) is 9.36. The van der Waals surface area contributed by atoms with Gasteiger partial charge < -0.3 is 10.7 Å². The van der Waals surface area contributed by atoms with Crippen molar-refractivity contribution in [3.8, 4) is 0 Å². The summed E-state index contributed by atoms with van der Waals surface area (Å²) in [5, 5.41) is 2.70. The van der Waals surface area contributed by atoms with Crippen LogP contribution in [0.1, 0.15) is 10.8 Å². The summed E-state index contributed by atoms with van der Waals surface area (Å²) in [5.74, 6) is 0. The maximum absolute atomic E-state index is 5.91. The zero-order valence-corrected chi connectivity index (χ0v) is 11.4. The Morgan fingerprint density at radius 3 is 2.47 bits per heavy atom. The SMILES string of the molecule is NCC(Sc1cc2ccccc2[nH]1)c1ccccc1. The Hall–Kier alpha value is -1.71. The molecule has 1 unspecified atom stereocenters. The van der Waals surface area contributed by atoms with Crippen molar-refractivity contribution < 1.29 is 0 Å². The molecule has 1 heterocycles. The van der Waals surface area contributed by atoms with E-state index in [-0.39, 0.29) is 5.25 Å². The molecule has 0 bridgehead atoms. The average molecular weight is 268 g/mol. The van der Waals surface area contributed by atoms with Crippen LogP contribution in [0.3, 0.4) is 0 Å². The van der Waals surface area contributed by atoms with Crippen LogP contribution in [0.4, 0.5) is 0 Å². The summed E-state index contributed by atoms with van der Waals surface area (Å²) in [7, 11) is 0. The van der Waals surface area contributed by atoms with Crippen molar-refractivity contribution in [1.29, 1.82) is 0 Å². The summed E-state index contributed by atoms with van der Waals surface area (Å²) in [6.07, 6.45) is 0. The minimum atomic E-state index is 0.286. The van der Waals surface area contributed by atoms with Crippen LogP contribution >= 0.6 is 11.8 Å². The molecular weight excluding hydrogens is 252 g/mol. The molecule has 3 heteroatoms. The van der Waals surface area contributed by atoms with Gasteiger partial charge >= 0.3 is 0 Å². The highest BCUT2D eigenvalue weighted by molar-refractivity contribution is 7.99. The van der Waals surface area contributed by atoms with Gasteiger partial charge in [-0.2, -0.15) is 0 Å². The molecule has 0 fully saturated rings. The highest BCUT2D eigenvalue weighted by Gasteiger charge is 2.12. The molecule has 2 aromatic carbocycles. The third-order valence-electron chi connectivity index (χ3n) is 3.16. The molecule has 96 valence electrons. The Labute approximate surface area is 117 Å². The maximum atomic E-state index is 5.91. The number of aromatic nitrogens is 1. The molecule has 0 aliphatic carbocycles. The highest BCUT2D eigenvalue weighted by atomic mass is 32.2. The van der Waals surface area contributed by atoms with Crippen LogP contribution < -0.4 is 5.73 Å². The Morgan fingerprint density at radius 2 is 1.74 bits per heavy atom. The number of fused-ring (bicyclic) bond motifs is 1. The van der Waals surface area contributed by atoms with E-state index in [1.54, 1.807) is 11.8 Å². The van der Waals surface area contributed by atoms with Gasteiger partial charge in [0, 0.05) is 22.7 Å². The van der Waals surface area contributed by atoms with Gasteiger partial charge in [-0.05, 0) is 17.7 Å². The number of aromatic amines is 1. The van der Waals surface area contributed by atoms with E-state index in [2.05, 4.69) is 53.5 Å². The van der Waals surface area contributed by atoms with Crippen molar-refractivity contribution in [3.05, 3.63) is 66.2 Å². The van der Waals surface area contributed by atoms with Crippen LogP contribution in [-0.4, -0.2) is 11.5 Å². The van der Waals surface area contributed by atoms with Crippen LogP contribution in [0.25, 0.3) is 10.9 Å². The van der Waals surface area contributed by atoms with Crippen molar-refractivity contribution in [2.75, 3.05) is 6.54 Å². The predicted octanol–water partition coefficient (Wildman–Crippen LogP) is 3.96. The van der Waals surface area contributed by atoms with E-state index in [0.717, 1.165) is 0 Å². The number of nitrogens with one attached hydrogen (secondary N) is 1. The summed E-state index contributed by atoms with van der Waals surface area (Å²) < 4.78 is 0. The van der Waals surface area contributed by atoms with Crippen LogP contribution in [0.2, 0.25) is 0 Å². The summed E-state index contributed by atoms with van der Waals surface area (Å²) in [4.78, 5) is 3.44. The van der Waals surface area contributed by atoms with E-state index in [0.29, 0.717) is 6.54 Å². The number of thioether (sulfide) groups is 1. The molecule has 0 spiro atoms. The molecule has 3 rings (SSSR count). The van der Waals surface area contributed by atoms with E-state index in [1.807, 2.05) is 12.1 Å². The van der Waals surface area contributed by atoms with Crippen molar-refractivity contribution in [1.82, 2.24) is 4.98 Å². The lowest BCUT2D eigenvalue weighted by atomic mass is 10.1. The quantitative estimate of drug-likeness (QED) is 0.703. The fraction of sp³-hybridized carbons (Fsp3) is 0.125. The normalized spacial score (nSPS) is 12.7. The number of rotatable bonds is 4. The lowest BCUT2D eigenvalue weighted by Crippen LogP contribution is -2.09. The molecule has 2 nitrogen and oxygen atoms in total. The number of benzene rings is 2. The second kappa shape index (κ2) is 5.51. The number of hydrogen-bond acceptors (Lipinski definition) is 2. The van der Waals surface area contributed by atoms with Gasteiger partial charge in [-0.25, -0.2) is 0 Å². The van der Waals surface area contributed by atoms with Gasteiger partial charge in [-0.1, -0.05) is 60.3 Å². The molecule has 1 aromatic heterocycles. The lowest BCUT2D eigenvalue weighted by Gasteiger charge is -2.13. The molecule has 3 aromatic rings. The topological polar surface area (TPSA) is 41.8 Å².